The molecule has 142 valence electrons. The highest BCUT2D eigenvalue weighted by Gasteiger charge is 2.28. The highest BCUT2D eigenvalue weighted by molar-refractivity contribution is 5.28. The van der Waals surface area contributed by atoms with Crippen molar-refractivity contribution >= 4 is 0 Å². The monoisotopic (exact) mass is 356 g/mol. The molecule has 0 radical (unpaired) electrons. The first-order valence-electron chi connectivity index (χ1n) is 9.57. The smallest absolute Gasteiger partial charge is 0.0584 e. The van der Waals surface area contributed by atoms with Crippen LogP contribution in [0, 0.1) is 0 Å². The Kier molecular flexibility index (Phi) is 8.78. The van der Waals surface area contributed by atoms with Crippen LogP contribution in [0.2, 0.25) is 0 Å². The summed E-state index contributed by atoms with van der Waals surface area (Å²) in [5.41, 5.74) is 2.32. The van der Waals surface area contributed by atoms with Gasteiger partial charge < -0.3 is 20.8 Å². The van der Waals surface area contributed by atoms with Crippen LogP contribution in [0.5, 0.6) is 0 Å². The maximum atomic E-state index is 9.73. The van der Waals surface area contributed by atoms with Gasteiger partial charge in [-0.15, -0.1) is 0 Å². The topological polar surface area (TPSA) is 64.5 Å². The molecule has 2 rings (SSSR count). The van der Waals surface area contributed by atoms with Crippen molar-refractivity contribution in [2.24, 2.45) is 0 Å². The number of benzene rings is 2. The fourth-order valence-corrected chi connectivity index (χ4v) is 3.20. The molecule has 4 heteroatoms. The van der Waals surface area contributed by atoms with Crippen LogP contribution in [0.25, 0.3) is 0 Å². The van der Waals surface area contributed by atoms with Gasteiger partial charge in [-0.1, -0.05) is 74.5 Å². The average Bonchev–Trinajstić information content (AvgIpc) is 2.72. The van der Waals surface area contributed by atoms with Crippen LogP contribution in [-0.2, 0) is 0 Å². The summed E-state index contributed by atoms with van der Waals surface area (Å²) in [6, 6.07) is 20.6. The van der Waals surface area contributed by atoms with E-state index in [0.29, 0.717) is 0 Å². The van der Waals surface area contributed by atoms with E-state index in [1.807, 2.05) is 36.4 Å². The summed E-state index contributed by atoms with van der Waals surface area (Å²) in [7, 11) is 0. The van der Waals surface area contributed by atoms with Crippen LogP contribution in [0.4, 0.5) is 0 Å². The van der Waals surface area contributed by atoms with Crippen molar-refractivity contribution in [2.75, 3.05) is 13.2 Å². The summed E-state index contributed by atoms with van der Waals surface area (Å²) in [4.78, 5) is 0. The van der Waals surface area contributed by atoms with Crippen molar-refractivity contribution in [2.45, 2.75) is 50.9 Å². The molecule has 2 aromatic rings. The van der Waals surface area contributed by atoms with E-state index in [0.717, 1.165) is 24.0 Å². The van der Waals surface area contributed by atoms with E-state index in [-0.39, 0.29) is 37.4 Å². The van der Waals surface area contributed by atoms with E-state index in [1.165, 1.54) is 0 Å². The second-order valence-corrected chi connectivity index (χ2v) is 6.69. The molecule has 0 aliphatic rings. The lowest BCUT2D eigenvalue weighted by Gasteiger charge is -2.35. The highest BCUT2D eigenvalue weighted by atomic mass is 16.3. The second-order valence-electron chi connectivity index (χ2n) is 6.69. The first-order chi connectivity index (χ1) is 12.7. The normalized spacial score (nSPS) is 16.0. The largest absolute Gasteiger partial charge is 0.395 e. The number of aliphatic hydroxyl groups is 2. The zero-order valence-electron chi connectivity index (χ0n) is 15.8. The van der Waals surface area contributed by atoms with Crippen LogP contribution in [0.3, 0.4) is 0 Å². The molecular formula is C22H32N2O2. The van der Waals surface area contributed by atoms with Crippen molar-refractivity contribution < 1.29 is 10.2 Å². The molecule has 0 amide bonds. The molecule has 26 heavy (non-hydrogen) atoms. The highest BCUT2D eigenvalue weighted by Crippen LogP contribution is 2.30. The van der Waals surface area contributed by atoms with Gasteiger partial charge in [-0.05, 0) is 24.0 Å². The van der Waals surface area contributed by atoms with Gasteiger partial charge in [0.2, 0.25) is 0 Å². The Balaban J connectivity index is 2.42. The Bertz CT molecular complexity index is 543. The van der Waals surface area contributed by atoms with Gasteiger partial charge in [0.05, 0.1) is 25.3 Å². The summed E-state index contributed by atoms with van der Waals surface area (Å²) in [6.45, 7) is 4.34. The summed E-state index contributed by atoms with van der Waals surface area (Å²) in [6.07, 6.45) is 1.69. The Morgan fingerprint density at radius 3 is 1.27 bits per heavy atom. The predicted molar refractivity (Wildman–Crippen MR) is 107 cm³/mol. The molecule has 0 saturated heterocycles. The fraction of sp³-hybridized carbons (Fsp3) is 0.455. The first-order valence-corrected chi connectivity index (χ1v) is 9.57. The van der Waals surface area contributed by atoms with Gasteiger partial charge in [-0.2, -0.15) is 0 Å². The molecule has 0 spiro atoms. The van der Waals surface area contributed by atoms with Crippen molar-refractivity contribution in [1.29, 1.82) is 0 Å². The Morgan fingerprint density at radius 1 is 0.654 bits per heavy atom. The molecule has 0 aromatic heterocycles. The van der Waals surface area contributed by atoms with Crippen LogP contribution in [0.15, 0.2) is 60.7 Å². The van der Waals surface area contributed by atoms with E-state index >= 15 is 0 Å². The van der Waals surface area contributed by atoms with Crippen LogP contribution >= 0.6 is 0 Å². The van der Waals surface area contributed by atoms with Gasteiger partial charge in [0.1, 0.15) is 0 Å². The van der Waals surface area contributed by atoms with Crippen LogP contribution in [0.1, 0.15) is 49.9 Å². The Morgan fingerprint density at radius 2 is 1.00 bits per heavy atom. The molecular weight excluding hydrogens is 324 g/mol. The summed E-state index contributed by atoms with van der Waals surface area (Å²) in [5.74, 6) is 0. The third-order valence-corrected chi connectivity index (χ3v) is 4.91. The quantitative estimate of drug-likeness (QED) is 0.499. The number of hydrogen-bond donors (Lipinski definition) is 4. The maximum absolute atomic E-state index is 9.73. The van der Waals surface area contributed by atoms with E-state index in [4.69, 9.17) is 0 Å². The second kappa shape index (κ2) is 11.1. The minimum atomic E-state index is -0.0173. The molecule has 0 aliphatic heterocycles. The fourth-order valence-electron chi connectivity index (χ4n) is 3.20. The van der Waals surface area contributed by atoms with Crippen LogP contribution in [-0.4, -0.2) is 35.5 Å². The Labute approximate surface area is 157 Å². The lowest BCUT2D eigenvalue weighted by molar-refractivity contribution is 0.193. The molecule has 4 N–H and O–H groups in total. The van der Waals surface area contributed by atoms with E-state index in [2.05, 4.69) is 48.7 Å². The van der Waals surface area contributed by atoms with Gasteiger partial charge >= 0.3 is 0 Å². The third-order valence-electron chi connectivity index (χ3n) is 4.91. The van der Waals surface area contributed by atoms with Gasteiger partial charge in [-0.25, -0.2) is 0 Å². The van der Waals surface area contributed by atoms with Gasteiger partial charge in [0.25, 0.3) is 0 Å². The zero-order valence-corrected chi connectivity index (χ0v) is 15.8. The van der Waals surface area contributed by atoms with E-state index in [9.17, 15) is 10.2 Å². The summed E-state index contributed by atoms with van der Waals surface area (Å²) >= 11 is 0. The summed E-state index contributed by atoms with van der Waals surface area (Å²) in [5, 5.41) is 26.7. The lowest BCUT2D eigenvalue weighted by atomic mass is 9.91. The SMILES string of the molecule is CCC(CO)NC(c1ccccc1)C(NC(CC)CO)c1ccccc1. The molecule has 0 bridgehead atoms. The van der Waals surface area contributed by atoms with Crippen molar-refractivity contribution in [3.63, 3.8) is 0 Å². The standard InChI is InChI=1S/C22H32N2O2/c1-3-19(15-25)23-21(17-11-7-5-8-12-17)22(24-20(4-2)16-26)18-13-9-6-10-14-18/h5-14,19-26H,3-4,15-16H2,1-2H3. The zero-order chi connectivity index (χ0) is 18.8. The minimum absolute atomic E-state index is 0.0161. The lowest BCUT2D eigenvalue weighted by Crippen LogP contribution is -2.45. The Hall–Kier alpha value is -1.72. The number of aliphatic hydroxyl groups excluding tert-OH is 2. The molecule has 4 nitrogen and oxygen atoms in total. The van der Waals surface area contributed by atoms with Crippen molar-refractivity contribution in [1.82, 2.24) is 10.6 Å². The molecule has 0 fully saturated rings. The predicted octanol–water partition coefficient (Wildman–Crippen LogP) is 3.19. The summed E-state index contributed by atoms with van der Waals surface area (Å²) < 4.78 is 0. The molecule has 0 aliphatic carbocycles. The van der Waals surface area contributed by atoms with Gasteiger partial charge in [0.15, 0.2) is 0 Å². The van der Waals surface area contributed by atoms with Crippen molar-refractivity contribution in [3.05, 3.63) is 71.8 Å². The van der Waals surface area contributed by atoms with Crippen LogP contribution < -0.4 is 10.6 Å². The molecule has 0 saturated carbocycles. The molecule has 0 heterocycles. The van der Waals surface area contributed by atoms with Crippen molar-refractivity contribution in [3.8, 4) is 0 Å². The molecule has 2 aromatic carbocycles. The molecule has 4 atom stereocenters. The number of hydrogen-bond acceptors (Lipinski definition) is 4. The van der Waals surface area contributed by atoms with E-state index < -0.39 is 0 Å². The third kappa shape index (κ3) is 5.64. The molecule has 4 unspecified atom stereocenters. The number of nitrogens with one attached hydrogen (secondary N) is 2. The maximum Gasteiger partial charge on any atom is 0.0584 e. The van der Waals surface area contributed by atoms with Gasteiger partial charge in [-0.3, -0.25) is 0 Å². The number of rotatable bonds is 11. The van der Waals surface area contributed by atoms with E-state index in [1.54, 1.807) is 0 Å². The average molecular weight is 357 g/mol. The van der Waals surface area contributed by atoms with Gasteiger partial charge in [0, 0.05) is 12.1 Å². The first kappa shape index (κ1) is 20.6. The minimum Gasteiger partial charge on any atom is -0.395 e.